The minimum Gasteiger partial charge on any atom is -0.394 e. The Hall–Kier alpha value is 1.06. The van der Waals surface area contributed by atoms with Crippen LogP contribution in [0.3, 0.4) is 0 Å². The Balaban J connectivity index is -0.0000000250. The Bertz CT molecular complexity index is 62.9. The van der Waals surface area contributed by atoms with Crippen molar-refractivity contribution in [3.63, 3.8) is 0 Å². The molecule has 0 bridgehead atoms. The van der Waals surface area contributed by atoms with Gasteiger partial charge in [-0.15, -0.1) is 48.0 Å². The highest BCUT2D eigenvalue weighted by molar-refractivity contribution is 14.0. The summed E-state index contributed by atoms with van der Waals surface area (Å²) in [6.45, 7) is -1.25. The molecule has 22 heavy (non-hydrogen) atoms. The lowest BCUT2D eigenvalue weighted by molar-refractivity contribution is 0.186. The zero-order chi connectivity index (χ0) is 17.1. The van der Waals surface area contributed by atoms with Gasteiger partial charge >= 0.3 is 0 Å². The number of rotatable bonds is 5. The predicted molar refractivity (Wildman–Crippen MR) is 102 cm³/mol. The first-order valence-electron chi connectivity index (χ1n) is 5.66. The molecule has 0 aliphatic heterocycles. The maximum absolute atomic E-state index is 7.62. The quantitative estimate of drug-likeness (QED) is 0.147. The number of aliphatic hydroxyl groups is 10. The molecule has 0 fully saturated rings. The summed E-state index contributed by atoms with van der Waals surface area (Å²) in [6.07, 6.45) is 0. The highest BCUT2D eigenvalue weighted by Gasteiger charge is 1.59. The minimum atomic E-state index is -0.125. The van der Waals surface area contributed by atoms with Gasteiger partial charge in [0.15, 0.2) is 0 Å². The smallest absolute Gasteiger partial charge is 0.0662 e. The maximum atomic E-state index is 7.62. The second-order valence-corrected chi connectivity index (χ2v) is 2.24. The molecule has 0 rings (SSSR count). The third-order valence-electron chi connectivity index (χ3n) is 0.500. The fourth-order valence-electron chi connectivity index (χ4n) is 0. The molecule has 0 saturated heterocycles. The molecular weight excluding hydrogens is 534 g/mol. The van der Waals surface area contributed by atoms with Crippen LogP contribution >= 0.6 is 48.0 Å². The average Bonchev–Trinajstić information content (AvgIpc) is 2.55. The first-order valence-corrected chi connectivity index (χ1v) is 5.66. The Morgan fingerprint density at radius 2 is 0.273 bits per heavy atom. The van der Waals surface area contributed by atoms with Gasteiger partial charge in [-0.2, -0.15) is 0 Å². The van der Waals surface area contributed by atoms with Gasteiger partial charge in [-0.1, -0.05) is 0 Å². The molecule has 0 atom stereocenters. The molecule has 0 aliphatic rings. The maximum Gasteiger partial charge on any atom is 0.0662 e. The SMILES string of the molecule is I.I.OCCO.OCCO.OCCO.OCCO.OCCO. The highest BCUT2D eigenvalue weighted by Crippen LogP contribution is 1.41. The Morgan fingerprint density at radius 3 is 0.273 bits per heavy atom. The topological polar surface area (TPSA) is 202 Å². The van der Waals surface area contributed by atoms with Gasteiger partial charge in [-0.25, -0.2) is 0 Å². The lowest BCUT2D eigenvalue weighted by Crippen LogP contribution is -1.85. The summed E-state index contributed by atoms with van der Waals surface area (Å²) in [5, 5.41) is 76.2. The standard InChI is InChI=1S/5C2H6O2.2HI/c5*3-1-2-4;;/h5*3-4H,1-2H2;2*1H. The van der Waals surface area contributed by atoms with E-state index in [1.165, 1.54) is 0 Å². The molecule has 10 nitrogen and oxygen atoms in total. The second kappa shape index (κ2) is 80.0. The van der Waals surface area contributed by atoms with Crippen molar-refractivity contribution in [2.45, 2.75) is 0 Å². The zero-order valence-corrected chi connectivity index (χ0v) is 17.0. The third kappa shape index (κ3) is 231. The molecule has 0 heterocycles. The van der Waals surface area contributed by atoms with Crippen LogP contribution in [0.2, 0.25) is 0 Å². The van der Waals surface area contributed by atoms with Crippen LogP contribution in [0.25, 0.3) is 0 Å². The van der Waals surface area contributed by atoms with Crippen molar-refractivity contribution >= 4 is 48.0 Å². The molecule has 0 aromatic carbocycles. The third-order valence-corrected chi connectivity index (χ3v) is 0.500. The molecule has 0 saturated carbocycles. The number of hydrogen-bond donors (Lipinski definition) is 10. The van der Waals surface area contributed by atoms with Gasteiger partial charge in [0.25, 0.3) is 0 Å². The summed E-state index contributed by atoms with van der Waals surface area (Å²) in [6, 6.07) is 0. The molecule has 0 aliphatic carbocycles. The first kappa shape index (κ1) is 43.5. The van der Waals surface area contributed by atoms with Gasteiger partial charge in [0.05, 0.1) is 66.1 Å². The molecule has 12 heteroatoms. The number of halogens is 2. The summed E-state index contributed by atoms with van der Waals surface area (Å²) in [7, 11) is 0. The molecule has 0 radical (unpaired) electrons. The van der Waals surface area contributed by atoms with E-state index in [9.17, 15) is 0 Å². The van der Waals surface area contributed by atoms with Crippen molar-refractivity contribution in [1.82, 2.24) is 0 Å². The van der Waals surface area contributed by atoms with Gasteiger partial charge in [-0.05, 0) is 0 Å². The molecule has 0 amide bonds. The Kier molecular flexibility index (Phi) is 158. The monoisotopic (exact) mass is 566 g/mol. The Labute approximate surface area is 164 Å². The van der Waals surface area contributed by atoms with E-state index in [1.54, 1.807) is 0 Å². The zero-order valence-electron chi connectivity index (χ0n) is 12.4. The molecule has 0 aromatic rings. The fraction of sp³-hybridized carbons (Fsp3) is 1.00. The minimum absolute atomic E-state index is 0. The molecule has 10 N–H and O–H groups in total. The van der Waals surface area contributed by atoms with Crippen LogP contribution in [0.4, 0.5) is 0 Å². The van der Waals surface area contributed by atoms with Crippen molar-refractivity contribution < 1.29 is 51.1 Å². The first-order chi connectivity index (χ1) is 9.57. The van der Waals surface area contributed by atoms with Crippen LogP contribution < -0.4 is 0 Å². The molecule has 0 spiro atoms. The molecule has 0 aromatic heterocycles. The van der Waals surface area contributed by atoms with E-state index >= 15 is 0 Å². The van der Waals surface area contributed by atoms with E-state index in [2.05, 4.69) is 0 Å². The van der Waals surface area contributed by atoms with Crippen molar-refractivity contribution in [1.29, 1.82) is 0 Å². The average molecular weight is 566 g/mol. The van der Waals surface area contributed by atoms with Crippen LogP contribution in [-0.4, -0.2) is 117 Å². The fourth-order valence-corrected chi connectivity index (χ4v) is 0. The van der Waals surface area contributed by atoms with Crippen LogP contribution in [0.1, 0.15) is 0 Å². The summed E-state index contributed by atoms with van der Waals surface area (Å²) < 4.78 is 0. The Morgan fingerprint density at radius 1 is 0.227 bits per heavy atom. The molecule has 0 unspecified atom stereocenters. The van der Waals surface area contributed by atoms with Crippen molar-refractivity contribution in [3.8, 4) is 0 Å². The van der Waals surface area contributed by atoms with E-state index in [1.807, 2.05) is 0 Å². The predicted octanol–water partition coefficient (Wildman–Crippen LogP) is -3.91. The van der Waals surface area contributed by atoms with Gasteiger partial charge in [0, 0.05) is 0 Å². The van der Waals surface area contributed by atoms with Crippen LogP contribution in [0.15, 0.2) is 0 Å². The van der Waals surface area contributed by atoms with E-state index in [-0.39, 0.29) is 114 Å². The van der Waals surface area contributed by atoms with Crippen molar-refractivity contribution in [3.05, 3.63) is 0 Å². The summed E-state index contributed by atoms with van der Waals surface area (Å²) in [5.41, 5.74) is 0. The highest BCUT2D eigenvalue weighted by atomic mass is 127. The van der Waals surface area contributed by atoms with Crippen molar-refractivity contribution in [2.24, 2.45) is 0 Å². The number of hydrogen-bond acceptors (Lipinski definition) is 10. The lowest BCUT2D eigenvalue weighted by Gasteiger charge is -1.70. The lowest BCUT2D eigenvalue weighted by atomic mass is 10.8. The van der Waals surface area contributed by atoms with E-state index in [4.69, 9.17) is 51.1 Å². The number of aliphatic hydroxyl groups excluding tert-OH is 10. The second-order valence-electron chi connectivity index (χ2n) is 2.24. The summed E-state index contributed by atoms with van der Waals surface area (Å²) in [4.78, 5) is 0. The van der Waals surface area contributed by atoms with Gasteiger partial charge < -0.3 is 51.1 Å². The van der Waals surface area contributed by atoms with Crippen LogP contribution in [0.5, 0.6) is 0 Å². The van der Waals surface area contributed by atoms with Gasteiger partial charge in [0.1, 0.15) is 0 Å². The summed E-state index contributed by atoms with van der Waals surface area (Å²) >= 11 is 0. The molecular formula is C10H32I2O10. The van der Waals surface area contributed by atoms with Gasteiger partial charge in [0.2, 0.25) is 0 Å². The largest absolute Gasteiger partial charge is 0.394 e. The van der Waals surface area contributed by atoms with Crippen LogP contribution in [0, 0.1) is 0 Å². The van der Waals surface area contributed by atoms with E-state index < -0.39 is 0 Å². The normalized spacial score (nSPS) is 6.82. The summed E-state index contributed by atoms with van der Waals surface area (Å²) in [5.74, 6) is 0. The van der Waals surface area contributed by atoms with E-state index in [0.29, 0.717) is 0 Å². The van der Waals surface area contributed by atoms with Crippen LogP contribution in [-0.2, 0) is 0 Å². The molecule has 146 valence electrons. The van der Waals surface area contributed by atoms with E-state index in [0.717, 1.165) is 0 Å². The van der Waals surface area contributed by atoms with Crippen molar-refractivity contribution in [2.75, 3.05) is 66.1 Å². The van der Waals surface area contributed by atoms with Gasteiger partial charge in [-0.3, -0.25) is 0 Å².